The SMILES string of the molecule is Cc1ccccc1NC(=O)CCC(CC(C)C)C(=O)Nc1ccccc1C. The van der Waals surface area contributed by atoms with E-state index in [9.17, 15) is 9.59 Å². The van der Waals surface area contributed by atoms with Crippen molar-refractivity contribution in [1.82, 2.24) is 0 Å². The highest BCUT2D eigenvalue weighted by Crippen LogP contribution is 2.22. The van der Waals surface area contributed by atoms with Gasteiger partial charge in [0.25, 0.3) is 0 Å². The summed E-state index contributed by atoms with van der Waals surface area (Å²) in [6.07, 6.45) is 1.62. The van der Waals surface area contributed by atoms with Crippen LogP contribution in [0.2, 0.25) is 0 Å². The number of hydrogen-bond donors (Lipinski definition) is 2. The molecule has 0 aliphatic heterocycles. The van der Waals surface area contributed by atoms with E-state index >= 15 is 0 Å². The van der Waals surface area contributed by atoms with Crippen molar-refractivity contribution in [1.29, 1.82) is 0 Å². The molecule has 1 unspecified atom stereocenters. The Kier molecular flexibility index (Phi) is 7.59. The zero-order chi connectivity index (χ0) is 19.8. The van der Waals surface area contributed by atoms with Crippen LogP contribution in [0.4, 0.5) is 11.4 Å². The number of nitrogens with one attached hydrogen (secondary N) is 2. The number of benzene rings is 2. The predicted molar refractivity (Wildman–Crippen MR) is 112 cm³/mol. The number of amides is 2. The maximum Gasteiger partial charge on any atom is 0.227 e. The third kappa shape index (κ3) is 6.55. The average molecular weight is 367 g/mol. The van der Waals surface area contributed by atoms with Crippen molar-refractivity contribution in [3.05, 3.63) is 59.7 Å². The highest BCUT2D eigenvalue weighted by Gasteiger charge is 2.21. The molecule has 0 saturated heterocycles. The van der Waals surface area contributed by atoms with E-state index in [0.29, 0.717) is 18.8 Å². The normalized spacial score (nSPS) is 11.9. The number of carbonyl (C=O) groups is 2. The van der Waals surface area contributed by atoms with Crippen molar-refractivity contribution in [2.45, 2.75) is 47.0 Å². The van der Waals surface area contributed by atoms with Gasteiger partial charge in [-0.2, -0.15) is 0 Å². The minimum atomic E-state index is -0.188. The van der Waals surface area contributed by atoms with Gasteiger partial charge in [0.1, 0.15) is 0 Å². The van der Waals surface area contributed by atoms with Gasteiger partial charge in [-0.1, -0.05) is 50.2 Å². The van der Waals surface area contributed by atoms with Crippen LogP contribution in [0.5, 0.6) is 0 Å². The first-order valence-corrected chi connectivity index (χ1v) is 9.58. The van der Waals surface area contributed by atoms with E-state index in [-0.39, 0.29) is 17.7 Å². The second kappa shape index (κ2) is 9.91. The molecule has 1 atom stereocenters. The number of carbonyl (C=O) groups excluding carboxylic acids is 2. The summed E-state index contributed by atoms with van der Waals surface area (Å²) < 4.78 is 0. The zero-order valence-corrected chi connectivity index (χ0v) is 16.7. The molecule has 2 N–H and O–H groups in total. The van der Waals surface area contributed by atoms with Crippen LogP contribution in [0.25, 0.3) is 0 Å². The summed E-state index contributed by atoms with van der Waals surface area (Å²) >= 11 is 0. The molecule has 2 rings (SSSR count). The molecule has 2 aromatic carbocycles. The van der Waals surface area contributed by atoms with Gasteiger partial charge in [-0.25, -0.2) is 0 Å². The number of anilines is 2. The fourth-order valence-electron chi connectivity index (χ4n) is 3.10. The lowest BCUT2D eigenvalue weighted by Crippen LogP contribution is -2.26. The molecule has 0 heterocycles. The van der Waals surface area contributed by atoms with Gasteiger partial charge >= 0.3 is 0 Å². The lowest BCUT2D eigenvalue weighted by Gasteiger charge is -2.19. The van der Waals surface area contributed by atoms with Crippen LogP contribution in [0.3, 0.4) is 0 Å². The molecule has 0 saturated carbocycles. The first-order valence-electron chi connectivity index (χ1n) is 9.58. The quantitative estimate of drug-likeness (QED) is 0.664. The fourth-order valence-corrected chi connectivity index (χ4v) is 3.10. The molecule has 0 aliphatic carbocycles. The topological polar surface area (TPSA) is 58.2 Å². The third-order valence-electron chi connectivity index (χ3n) is 4.67. The minimum Gasteiger partial charge on any atom is -0.326 e. The predicted octanol–water partition coefficient (Wildman–Crippen LogP) is 5.32. The van der Waals surface area contributed by atoms with Crippen molar-refractivity contribution >= 4 is 23.2 Å². The maximum atomic E-state index is 12.8. The summed E-state index contributed by atoms with van der Waals surface area (Å²) in [6.45, 7) is 8.14. The van der Waals surface area contributed by atoms with Crippen molar-refractivity contribution in [2.75, 3.05) is 10.6 Å². The smallest absolute Gasteiger partial charge is 0.227 e. The summed E-state index contributed by atoms with van der Waals surface area (Å²) in [5.74, 6) is 0.132. The highest BCUT2D eigenvalue weighted by atomic mass is 16.2. The minimum absolute atomic E-state index is 0.0123. The van der Waals surface area contributed by atoms with Gasteiger partial charge in [0.05, 0.1) is 0 Å². The van der Waals surface area contributed by atoms with E-state index in [1.807, 2.05) is 62.4 Å². The zero-order valence-electron chi connectivity index (χ0n) is 16.7. The van der Waals surface area contributed by atoms with Crippen molar-refractivity contribution < 1.29 is 9.59 Å². The van der Waals surface area contributed by atoms with Crippen LogP contribution in [0, 0.1) is 25.7 Å². The van der Waals surface area contributed by atoms with Gasteiger partial charge in [0.15, 0.2) is 0 Å². The summed E-state index contributed by atoms with van der Waals surface area (Å²) in [7, 11) is 0. The highest BCUT2D eigenvalue weighted by molar-refractivity contribution is 5.95. The Bertz CT molecular complexity index is 783. The Hall–Kier alpha value is -2.62. The largest absolute Gasteiger partial charge is 0.326 e. The molecule has 4 nitrogen and oxygen atoms in total. The first kappa shape index (κ1) is 20.7. The molecule has 0 aliphatic rings. The lowest BCUT2D eigenvalue weighted by atomic mass is 9.91. The van der Waals surface area contributed by atoms with Gasteiger partial charge in [-0.3, -0.25) is 9.59 Å². The van der Waals surface area contributed by atoms with Gasteiger partial charge < -0.3 is 10.6 Å². The van der Waals surface area contributed by atoms with Crippen molar-refractivity contribution in [3.63, 3.8) is 0 Å². The molecule has 0 radical (unpaired) electrons. The Morgan fingerprint density at radius 2 is 1.37 bits per heavy atom. The van der Waals surface area contributed by atoms with Crippen LogP contribution in [0.1, 0.15) is 44.2 Å². The van der Waals surface area contributed by atoms with E-state index < -0.39 is 0 Å². The molecule has 144 valence electrons. The third-order valence-corrected chi connectivity index (χ3v) is 4.67. The summed E-state index contributed by atoms with van der Waals surface area (Å²) in [5, 5.41) is 5.97. The second-order valence-corrected chi connectivity index (χ2v) is 7.53. The Morgan fingerprint density at radius 3 is 1.89 bits per heavy atom. The monoisotopic (exact) mass is 366 g/mol. The van der Waals surface area contributed by atoms with E-state index in [1.165, 1.54) is 0 Å². The lowest BCUT2D eigenvalue weighted by molar-refractivity contribution is -0.121. The molecule has 2 aromatic rings. The Labute approximate surface area is 162 Å². The molecular weight excluding hydrogens is 336 g/mol. The molecule has 27 heavy (non-hydrogen) atoms. The van der Waals surface area contributed by atoms with Crippen molar-refractivity contribution in [3.8, 4) is 0 Å². The molecule has 4 heteroatoms. The summed E-state index contributed by atoms with van der Waals surface area (Å²) in [6, 6.07) is 15.4. The van der Waals surface area contributed by atoms with Gasteiger partial charge in [0.2, 0.25) is 11.8 Å². The second-order valence-electron chi connectivity index (χ2n) is 7.53. The van der Waals surface area contributed by atoms with E-state index in [4.69, 9.17) is 0 Å². The van der Waals surface area contributed by atoms with Crippen LogP contribution < -0.4 is 10.6 Å². The Morgan fingerprint density at radius 1 is 0.852 bits per heavy atom. The van der Waals surface area contributed by atoms with Crippen LogP contribution in [-0.4, -0.2) is 11.8 Å². The number of rotatable bonds is 8. The molecule has 0 aromatic heterocycles. The van der Waals surface area contributed by atoms with Gasteiger partial charge in [0, 0.05) is 23.7 Å². The number of aryl methyl sites for hydroxylation is 2. The molecule has 0 bridgehead atoms. The molecule has 0 spiro atoms. The standard InChI is InChI=1S/C23H30N2O2/c1-16(2)15-19(23(27)25-21-12-8-6-10-18(21)4)13-14-22(26)24-20-11-7-5-9-17(20)3/h5-12,16,19H,13-15H2,1-4H3,(H,24,26)(H,25,27). The van der Waals surface area contributed by atoms with E-state index in [0.717, 1.165) is 28.9 Å². The van der Waals surface area contributed by atoms with Crippen LogP contribution in [-0.2, 0) is 9.59 Å². The van der Waals surface area contributed by atoms with Crippen LogP contribution >= 0.6 is 0 Å². The number of hydrogen-bond acceptors (Lipinski definition) is 2. The van der Waals surface area contributed by atoms with E-state index in [1.54, 1.807) is 0 Å². The average Bonchev–Trinajstić information content (AvgIpc) is 2.62. The first-order chi connectivity index (χ1) is 12.9. The molecule has 0 fully saturated rings. The fraction of sp³-hybridized carbons (Fsp3) is 0.391. The summed E-state index contributed by atoms with van der Waals surface area (Å²) in [5.41, 5.74) is 3.72. The van der Waals surface area contributed by atoms with Gasteiger partial charge in [-0.15, -0.1) is 0 Å². The molecular formula is C23H30N2O2. The maximum absolute atomic E-state index is 12.8. The van der Waals surface area contributed by atoms with Crippen LogP contribution in [0.15, 0.2) is 48.5 Å². The number of para-hydroxylation sites is 2. The van der Waals surface area contributed by atoms with Crippen molar-refractivity contribution in [2.24, 2.45) is 11.8 Å². The van der Waals surface area contributed by atoms with E-state index in [2.05, 4.69) is 24.5 Å². The molecule has 2 amide bonds. The summed E-state index contributed by atoms with van der Waals surface area (Å²) in [4.78, 5) is 25.1. The van der Waals surface area contributed by atoms with Gasteiger partial charge in [-0.05, 0) is 55.9 Å². The Balaban J connectivity index is 1.97.